The van der Waals surface area contributed by atoms with Gasteiger partial charge < -0.3 is 15.1 Å². The maximum atomic E-state index is 12.9. The van der Waals surface area contributed by atoms with Gasteiger partial charge in [0.2, 0.25) is 6.41 Å². The number of hydrogen-bond acceptors (Lipinski definition) is 5. The number of halogens is 1. The molecule has 1 saturated heterocycles. The molecule has 26 heavy (non-hydrogen) atoms. The van der Waals surface area contributed by atoms with E-state index in [0.29, 0.717) is 38.5 Å². The molecule has 0 unspecified atom stereocenters. The van der Waals surface area contributed by atoms with E-state index in [9.17, 15) is 14.0 Å². The smallest absolute Gasteiger partial charge is 0.274 e. The van der Waals surface area contributed by atoms with Crippen molar-refractivity contribution in [3.63, 3.8) is 0 Å². The minimum absolute atomic E-state index is 0.180. The molecule has 1 aromatic heterocycles. The summed E-state index contributed by atoms with van der Waals surface area (Å²) in [6.07, 6.45) is 4.51. The van der Waals surface area contributed by atoms with Crippen LogP contribution in [-0.2, 0) is 11.2 Å². The van der Waals surface area contributed by atoms with Gasteiger partial charge in [0, 0.05) is 32.7 Å². The van der Waals surface area contributed by atoms with Crippen LogP contribution in [0.2, 0.25) is 0 Å². The van der Waals surface area contributed by atoms with Gasteiger partial charge in [0.05, 0.1) is 12.4 Å². The molecule has 0 spiro atoms. The normalized spacial score (nSPS) is 14.2. The molecule has 0 radical (unpaired) electrons. The monoisotopic (exact) mass is 357 g/mol. The van der Waals surface area contributed by atoms with Crippen molar-refractivity contribution in [2.75, 3.05) is 38.0 Å². The highest BCUT2D eigenvalue weighted by Gasteiger charge is 2.22. The Hall–Kier alpha value is -3.03. The maximum absolute atomic E-state index is 12.9. The van der Waals surface area contributed by atoms with Gasteiger partial charge in [-0.1, -0.05) is 12.1 Å². The van der Waals surface area contributed by atoms with Crippen LogP contribution in [0.5, 0.6) is 0 Å². The van der Waals surface area contributed by atoms with Gasteiger partial charge in [-0.2, -0.15) is 0 Å². The lowest BCUT2D eigenvalue weighted by Gasteiger charge is -2.32. The summed E-state index contributed by atoms with van der Waals surface area (Å²) in [6.45, 7) is 2.69. The maximum Gasteiger partial charge on any atom is 0.274 e. The van der Waals surface area contributed by atoms with Crippen LogP contribution in [0.3, 0.4) is 0 Å². The molecule has 1 aliphatic heterocycles. The number of aromatic nitrogens is 2. The van der Waals surface area contributed by atoms with E-state index in [1.165, 1.54) is 24.5 Å². The van der Waals surface area contributed by atoms with E-state index in [1.54, 1.807) is 21.9 Å². The molecule has 2 aromatic rings. The topological polar surface area (TPSA) is 78.4 Å². The van der Waals surface area contributed by atoms with Crippen molar-refractivity contribution in [3.8, 4) is 0 Å². The van der Waals surface area contributed by atoms with Gasteiger partial charge in [0.15, 0.2) is 0 Å². The van der Waals surface area contributed by atoms with Gasteiger partial charge in [-0.25, -0.2) is 14.4 Å². The number of benzene rings is 1. The Kier molecular flexibility index (Phi) is 5.73. The summed E-state index contributed by atoms with van der Waals surface area (Å²) < 4.78 is 12.9. The van der Waals surface area contributed by atoms with Gasteiger partial charge in [-0.15, -0.1) is 0 Å². The van der Waals surface area contributed by atoms with Crippen molar-refractivity contribution < 1.29 is 14.0 Å². The van der Waals surface area contributed by atoms with Gasteiger partial charge >= 0.3 is 0 Å². The van der Waals surface area contributed by atoms with Crippen LogP contribution in [-0.4, -0.2) is 64.8 Å². The van der Waals surface area contributed by atoms with E-state index in [0.717, 1.165) is 18.4 Å². The zero-order valence-corrected chi connectivity index (χ0v) is 14.3. The lowest BCUT2D eigenvalue weighted by atomic mass is 10.1. The molecular formula is C18H20FN5O2. The fourth-order valence-electron chi connectivity index (χ4n) is 2.71. The van der Waals surface area contributed by atoms with Gasteiger partial charge in [-0.3, -0.25) is 9.59 Å². The number of anilines is 1. The summed E-state index contributed by atoms with van der Waals surface area (Å²) in [7, 11) is 0. The van der Waals surface area contributed by atoms with Crippen molar-refractivity contribution in [1.82, 2.24) is 19.8 Å². The fraction of sp³-hybridized carbons (Fsp3) is 0.333. The second-order valence-corrected chi connectivity index (χ2v) is 6.02. The van der Waals surface area contributed by atoms with E-state index in [2.05, 4.69) is 15.3 Å². The Morgan fingerprint density at radius 1 is 1.12 bits per heavy atom. The molecular weight excluding hydrogens is 337 g/mol. The molecule has 2 amide bonds. The van der Waals surface area contributed by atoms with Gasteiger partial charge in [-0.05, 0) is 24.1 Å². The van der Waals surface area contributed by atoms with Gasteiger partial charge in [0.25, 0.3) is 5.91 Å². The molecule has 1 N–H and O–H groups in total. The quantitative estimate of drug-likeness (QED) is 0.786. The summed E-state index contributed by atoms with van der Waals surface area (Å²) in [6, 6.07) is 6.36. The van der Waals surface area contributed by atoms with E-state index >= 15 is 0 Å². The largest absolute Gasteiger partial charge is 0.368 e. The third kappa shape index (κ3) is 4.53. The molecule has 2 heterocycles. The number of amides is 2. The Morgan fingerprint density at radius 2 is 1.85 bits per heavy atom. The summed E-state index contributed by atoms with van der Waals surface area (Å²) in [5.74, 6) is 0.149. The van der Waals surface area contributed by atoms with Crippen LogP contribution in [0.1, 0.15) is 16.1 Å². The number of carbonyl (C=O) groups excluding carboxylic acids is 2. The van der Waals surface area contributed by atoms with Crippen molar-refractivity contribution in [3.05, 3.63) is 53.7 Å². The minimum Gasteiger partial charge on any atom is -0.368 e. The third-order valence-electron chi connectivity index (χ3n) is 4.25. The van der Waals surface area contributed by atoms with Crippen LogP contribution in [0.15, 0.2) is 36.7 Å². The van der Waals surface area contributed by atoms with Crippen molar-refractivity contribution in [1.29, 1.82) is 0 Å². The van der Waals surface area contributed by atoms with E-state index in [-0.39, 0.29) is 17.4 Å². The Balaban J connectivity index is 1.49. The highest BCUT2D eigenvalue weighted by atomic mass is 19.1. The van der Waals surface area contributed by atoms with Crippen LogP contribution >= 0.6 is 0 Å². The number of piperazine rings is 1. The third-order valence-corrected chi connectivity index (χ3v) is 4.25. The lowest BCUT2D eigenvalue weighted by molar-refractivity contribution is -0.119. The zero-order valence-electron chi connectivity index (χ0n) is 14.3. The average Bonchev–Trinajstić information content (AvgIpc) is 2.69. The average molecular weight is 357 g/mol. The first-order chi connectivity index (χ1) is 12.7. The highest BCUT2D eigenvalue weighted by molar-refractivity contribution is 5.92. The molecule has 1 fully saturated rings. The molecule has 0 aliphatic carbocycles. The SMILES string of the molecule is O=CN1CCN(C(=O)c2cnc(NCCc3ccc(F)cc3)cn2)CC1. The number of nitrogens with one attached hydrogen (secondary N) is 1. The second kappa shape index (κ2) is 8.37. The predicted molar refractivity (Wildman–Crippen MR) is 94.2 cm³/mol. The Labute approximate surface area is 150 Å². The van der Waals surface area contributed by atoms with Crippen LogP contribution < -0.4 is 5.32 Å². The van der Waals surface area contributed by atoms with Crippen LogP contribution in [0, 0.1) is 5.82 Å². The molecule has 7 nitrogen and oxygen atoms in total. The van der Waals surface area contributed by atoms with Crippen molar-refractivity contribution >= 4 is 18.1 Å². The molecule has 0 bridgehead atoms. The number of rotatable bonds is 6. The summed E-state index contributed by atoms with van der Waals surface area (Å²) >= 11 is 0. The van der Waals surface area contributed by atoms with Crippen LogP contribution in [0.25, 0.3) is 0 Å². The molecule has 8 heteroatoms. The Bertz CT molecular complexity index is 743. The molecule has 1 aliphatic rings. The van der Waals surface area contributed by atoms with E-state index < -0.39 is 0 Å². The first kappa shape index (κ1) is 17.8. The predicted octanol–water partition coefficient (Wildman–Crippen LogP) is 1.18. The number of hydrogen-bond donors (Lipinski definition) is 1. The Morgan fingerprint density at radius 3 is 2.46 bits per heavy atom. The standard InChI is InChI=1S/C18H20FN5O2/c19-15-3-1-14(2-4-15)5-6-20-17-12-21-16(11-22-17)18(26)24-9-7-23(13-25)8-10-24/h1-4,11-13H,5-10H2,(H,20,22). The summed E-state index contributed by atoms with van der Waals surface area (Å²) in [5.41, 5.74) is 1.31. The van der Waals surface area contributed by atoms with Gasteiger partial charge in [0.1, 0.15) is 17.3 Å². The summed E-state index contributed by atoms with van der Waals surface area (Å²) in [5, 5.41) is 3.13. The zero-order chi connectivity index (χ0) is 18.4. The van der Waals surface area contributed by atoms with E-state index in [1.807, 2.05) is 0 Å². The first-order valence-corrected chi connectivity index (χ1v) is 8.44. The lowest BCUT2D eigenvalue weighted by Crippen LogP contribution is -2.48. The number of carbonyl (C=O) groups is 2. The van der Waals surface area contributed by atoms with E-state index in [4.69, 9.17) is 0 Å². The van der Waals surface area contributed by atoms with Crippen molar-refractivity contribution in [2.24, 2.45) is 0 Å². The number of nitrogens with zero attached hydrogens (tertiary/aromatic N) is 4. The van der Waals surface area contributed by atoms with Crippen LogP contribution in [0.4, 0.5) is 10.2 Å². The summed E-state index contributed by atoms with van der Waals surface area (Å²) in [4.78, 5) is 34.8. The fourth-order valence-corrected chi connectivity index (χ4v) is 2.71. The highest BCUT2D eigenvalue weighted by Crippen LogP contribution is 2.08. The molecule has 0 atom stereocenters. The minimum atomic E-state index is -0.250. The molecule has 3 rings (SSSR count). The first-order valence-electron chi connectivity index (χ1n) is 8.44. The van der Waals surface area contributed by atoms with Crippen molar-refractivity contribution in [2.45, 2.75) is 6.42 Å². The molecule has 1 aromatic carbocycles. The molecule has 0 saturated carbocycles. The second-order valence-electron chi connectivity index (χ2n) is 6.02. The molecule has 136 valence electrons.